The molecule has 11 rings (SSSR count). The summed E-state index contributed by atoms with van der Waals surface area (Å²) in [6, 6.07) is 63.5. The second-order valence-electron chi connectivity index (χ2n) is 13.5. The van der Waals surface area contributed by atoms with Gasteiger partial charge >= 0.3 is 0 Å². The molecule has 0 fully saturated rings. The number of aromatic nitrogens is 2. The van der Waals surface area contributed by atoms with E-state index < -0.39 is 0 Å². The maximum absolute atomic E-state index is 14.8. The van der Waals surface area contributed by atoms with Crippen molar-refractivity contribution in [3.8, 4) is 11.4 Å². The Kier molecular flexibility index (Phi) is 6.60. The van der Waals surface area contributed by atoms with E-state index in [0.717, 1.165) is 55.8 Å². The number of hydrogen-bond donors (Lipinski definition) is 0. The van der Waals surface area contributed by atoms with Crippen LogP contribution < -0.4 is 4.90 Å². The molecule has 0 atom stereocenters. The van der Waals surface area contributed by atoms with Gasteiger partial charge in [-0.25, -0.2) is 4.39 Å². The van der Waals surface area contributed by atoms with E-state index in [0.29, 0.717) is 0 Å². The Morgan fingerprint density at radius 3 is 1.55 bits per heavy atom. The molecule has 0 bridgehead atoms. The number of para-hydroxylation sites is 3. The molecule has 0 spiro atoms. The van der Waals surface area contributed by atoms with E-state index in [2.05, 4.69) is 166 Å². The highest BCUT2D eigenvalue weighted by molar-refractivity contribution is 7.25. The zero-order valence-electron chi connectivity index (χ0n) is 28.4. The normalized spacial score (nSPS) is 11.9. The zero-order chi connectivity index (χ0) is 35.0. The monoisotopic (exact) mass is 699 g/mol. The lowest BCUT2D eigenvalue weighted by Crippen LogP contribution is -2.10. The molecule has 3 nitrogen and oxygen atoms in total. The van der Waals surface area contributed by atoms with Crippen LogP contribution in [0.15, 0.2) is 182 Å². The van der Waals surface area contributed by atoms with E-state index in [1.807, 2.05) is 23.5 Å². The fourth-order valence-corrected chi connectivity index (χ4v) is 9.33. The number of fused-ring (bicyclic) bond motifs is 9. The molecule has 0 saturated carbocycles. The van der Waals surface area contributed by atoms with E-state index in [1.54, 1.807) is 12.1 Å². The minimum atomic E-state index is -0.260. The highest BCUT2D eigenvalue weighted by Crippen LogP contribution is 2.44. The van der Waals surface area contributed by atoms with Gasteiger partial charge in [0.25, 0.3) is 0 Å². The van der Waals surface area contributed by atoms with E-state index in [9.17, 15) is 4.39 Å². The molecule has 0 aliphatic rings. The first-order valence-electron chi connectivity index (χ1n) is 17.8. The second kappa shape index (κ2) is 11.7. The summed E-state index contributed by atoms with van der Waals surface area (Å²) < 4.78 is 21.8. The molecule has 250 valence electrons. The van der Waals surface area contributed by atoms with Crippen molar-refractivity contribution in [3.05, 3.63) is 188 Å². The van der Waals surface area contributed by atoms with Crippen molar-refractivity contribution < 1.29 is 4.39 Å². The molecule has 53 heavy (non-hydrogen) atoms. The van der Waals surface area contributed by atoms with Gasteiger partial charge in [0.2, 0.25) is 0 Å². The maximum atomic E-state index is 14.8. The third-order valence-corrected chi connectivity index (χ3v) is 11.7. The summed E-state index contributed by atoms with van der Waals surface area (Å²) in [6.07, 6.45) is 0. The maximum Gasteiger partial charge on any atom is 0.125 e. The Balaban J connectivity index is 1.21. The Hall–Kier alpha value is -6.69. The van der Waals surface area contributed by atoms with Gasteiger partial charge in [-0.2, -0.15) is 0 Å². The Morgan fingerprint density at radius 2 is 0.868 bits per heavy atom. The molecule has 8 aromatic carbocycles. The van der Waals surface area contributed by atoms with Crippen LogP contribution in [0.25, 0.3) is 75.2 Å². The third kappa shape index (κ3) is 4.64. The number of hydrogen-bond acceptors (Lipinski definition) is 2. The lowest BCUT2D eigenvalue weighted by molar-refractivity contribution is 0.627. The molecule has 0 saturated heterocycles. The lowest BCUT2D eigenvalue weighted by atomic mass is 10.1. The summed E-state index contributed by atoms with van der Waals surface area (Å²) in [5, 5.41) is 7.17. The standard InChI is InChI=1S/C48H30FN3S/c49-31-11-10-14-33(27-31)52-44-19-8-5-16-38(44)40-25-22-36(30-46(40)52)50(34-23-26-48-42(28-34)41-17-6-9-20-47(41)53-48)35-21-24-39-37-15-4-7-18-43(37)51(45(39)29-35)32-12-2-1-3-13-32/h1-30H. The van der Waals surface area contributed by atoms with Crippen molar-refractivity contribution in [2.45, 2.75) is 0 Å². The van der Waals surface area contributed by atoms with Gasteiger partial charge in [-0.15, -0.1) is 11.3 Å². The largest absolute Gasteiger partial charge is 0.310 e. The van der Waals surface area contributed by atoms with Crippen LogP contribution in [0, 0.1) is 5.82 Å². The van der Waals surface area contributed by atoms with Gasteiger partial charge < -0.3 is 14.0 Å². The van der Waals surface area contributed by atoms with E-state index in [1.165, 1.54) is 42.5 Å². The molecular weight excluding hydrogens is 670 g/mol. The first-order chi connectivity index (χ1) is 26.2. The van der Waals surface area contributed by atoms with Gasteiger partial charge in [-0.3, -0.25) is 0 Å². The predicted octanol–water partition coefficient (Wildman–Crippen LogP) is 13.9. The number of anilines is 3. The highest BCUT2D eigenvalue weighted by atomic mass is 32.1. The van der Waals surface area contributed by atoms with Gasteiger partial charge in [0.05, 0.1) is 22.1 Å². The predicted molar refractivity (Wildman–Crippen MR) is 223 cm³/mol. The van der Waals surface area contributed by atoms with Crippen LogP contribution in [-0.2, 0) is 0 Å². The van der Waals surface area contributed by atoms with Gasteiger partial charge in [0.15, 0.2) is 0 Å². The molecular formula is C48H30FN3S. The molecule has 3 heterocycles. The minimum Gasteiger partial charge on any atom is -0.310 e. The second-order valence-corrected chi connectivity index (χ2v) is 14.6. The quantitative estimate of drug-likeness (QED) is 0.174. The Labute approximate surface area is 308 Å². The first-order valence-corrected chi connectivity index (χ1v) is 18.6. The first kappa shape index (κ1) is 30.0. The molecule has 0 unspecified atom stereocenters. The minimum absolute atomic E-state index is 0.260. The van der Waals surface area contributed by atoms with Crippen molar-refractivity contribution in [1.82, 2.24) is 9.13 Å². The molecule has 0 aliphatic heterocycles. The van der Waals surface area contributed by atoms with E-state index in [-0.39, 0.29) is 5.82 Å². The summed E-state index contributed by atoms with van der Waals surface area (Å²) in [5.74, 6) is -0.260. The summed E-state index contributed by atoms with van der Waals surface area (Å²) >= 11 is 1.83. The molecule has 0 aliphatic carbocycles. The van der Waals surface area contributed by atoms with Crippen molar-refractivity contribution >= 4 is 92.2 Å². The van der Waals surface area contributed by atoms with Gasteiger partial charge in [-0.05, 0) is 91.0 Å². The van der Waals surface area contributed by atoms with E-state index >= 15 is 0 Å². The fourth-order valence-electron chi connectivity index (χ4n) is 8.25. The van der Waals surface area contributed by atoms with Crippen LogP contribution in [0.1, 0.15) is 0 Å². The molecule has 0 radical (unpaired) electrons. The molecule has 0 N–H and O–H groups in total. The van der Waals surface area contributed by atoms with Gasteiger partial charge in [-0.1, -0.05) is 91.0 Å². The molecule has 11 aromatic rings. The molecule has 5 heteroatoms. The van der Waals surface area contributed by atoms with Crippen LogP contribution in [0.5, 0.6) is 0 Å². The van der Waals surface area contributed by atoms with Crippen molar-refractivity contribution in [3.63, 3.8) is 0 Å². The average molecular weight is 700 g/mol. The fraction of sp³-hybridized carbons (Fsp3) is 0. The number of benzene rings is 8. The topological polar surface area (TPSA) is 13.1 Å². The number of thiophene rings is 1. The highest BCUT2D eigenvalue weighted by Gasteiger charge is 2.21. The smallest absolute Gasteiger partial charge is 0.125 e. The van der Waals surface area contributed by atoms with Crippen molar-refractivity contribution in [1.29, 1.82) is 0 Å². The van der Waals surface area contributed by atoms with Crippen LogP contribution in [-0.4, -0.2) is 9.13 Å². The average Bonchev–Trinajstić information content (AvgIpc) is 3.85. The summed E-state index contributed by atoms with van der Waals surface area (Å²) in [6.45, 7) is 0. The summed E-state index contributed by atoms with van der Waals surface area (Å²) in [4.78, 5) is 2.37. The molecule has 3 aromatic heterocycles. The van der Waals surface area contributed by atoms with E-state index in [4.69, 9.17) is 0 Å². The van der Waals surface area contributed by atoms with Gasteiger partial charge in [0, 0.05) is 70.2 Å². The number of rotatable bonds is 5. The van der Waals surface area contributed by atoms with Crippen LogP contribution in [0.3, 0.4) is 0 Å². The van der Waals surface area contributed by atoms with Crippen LogP contribution in [0.2, 0.25) is 0 Å². The lowest BCUT2D eigenvalue weighted by Gasteiger charge is -2.26. The van der Waals surface area contributed by atoms with Gasteiger partial charge in [0.1, 0.15) is 5.82 Å². The number of halogens is 1. The third-order valence-electron chi connectivity index (χ3n) is 10.5. The Morgan fingerprint density at radius 1 is 0.358 bits per heavy atom. The van der Waals surface area contributed by atoms with Crippen LogP contribution in [0.4, 0.5) is 21.5 Å². The summed E-state index contributed by atoms with van der Waals surface area (Å²) in [5.41, 5.74) is 9.40. The summed E-state index contributed by atoms with van der Waals surface area (Å²) in [7, 11) is 0. The van der Waals surface area contributed by atoms with Crippen LogP contribution >= 0.6 is 11.3 Å². The molecule has 0 amide bonds. The Bertz CT molecular complexity index is 3210. The zero-order valence-corrected chi connectivity index (χ0v) is 29.3. The number of nitrogens with zero attached hydrogens (tertiary/aromatic N) is 3. The van der Waals surface area contributed by atoms with Crippen molar-refractivity contribution in [2.24, 2.45) is 0 Å². The SMILES string of the molecule is Fc1cccc(-n2c3ccccc3c3ccc(N(c4ccc5sc6ccccc6c5c4)c4ccc5c6ccccc6n(-c6ccccc6)c5c4)cc32)c1. The van der Waals surface area contributed by atoms with Crippen molar-refractivity contribution in [2.75, 3.05) is 4.90 Å².